The molecule has 1 aromatic carbocycles. The molecule has 0 saturated heterocycles. The summed E-state index contributed by atoms with van der Waals surface area (Å²) in [6.07, 6.45) is 3.80. The van der Waals surface area contributed by atoms with Crippen LogP contribution in [0.1, 0.15) is 23.2 Å². The first-order chi connectivity index (χ1) is 10.3. The van der Waals surface area contributed by atoms with Crippen molar-refractivity contribution in [2.45, 2.75) is 19.4 Å². The summed E-state index contributed by atoms with van der Waals surface area (Å²) in [5.74, 6) is 0.0446. The van der Waals surface area contributed by atoms with E-state index in [1.54, 1.807) is 6.20 Å². The molecule has 0 bridgehead atoms. The van der Waals surface area contributed by atoms with E-state index < -0.39 is 0 Å². The third kappa shape index (κ3) is 2.67. The highest BCUT2D eigenvalue weighted by atomic mass is 16.4. The summed E-state index contributed by atoms with van der Waals surface area (Å²) in [4.78, 5) is 6.50. The Morgan fingerprint density at radius 2 is 2.00 bits per heavy atom. The van der Waals surface area contributed by atoms with Gasteiger partial charge in [0.15, 0.2) is 5.84 Å². The van der Waals surface area contributed by atoms with Crippen LogP contribution in [-0.2, 0) is 13.0 Å². The lowest BCUT2D eigenvalue weighted by atomic mass is 10.0. The van der Waals surface area contributed by atoms with E-state index in [9.17, 15) is 0 Å². The molecule has 0 radical (unpaired) electrons. The van der Waals surface area contributed by atoms with E-state index in [1.807, 2.05) is 12.1 Å². The van der Waals surface area contributed by atoms with Crippen molar-refractivity contribution in [2.75, 3.05) is 11.4 Å². The maximum atomic E-state index is 8.93. The highest BCUT2D eigenvalue weighted by molar-refractivity contribution is 6.00. The molecular formula is C16H18N4O. The van der Waals surface area contributed by atoms with Crippen LogP contribution in [0.2, 0.25) is 0 Å². The highest BCUT2D eigenvalue weighted by Crippen LogP contribution is 2.25. The summed E-state index contributed by atoms with van der Waals surface area (Å²) in [6.45, 7) is 1.74. The van der Waals surface area contributed by atoms with Crippen molar-refractivity contribution in [3.63, 3.8) is 0 Å². The molecule has 0 spiro atoms. The van der Waals surface area contributed by atoms with Crippen LogP contribution in [0.5, 0.6) is 0 Å². The van der Waals surface area contributed by atoms with Crippen molar-refractivity contribution in [2.24, 2.45) is 10.9 Å². The van der Waals surface area contributed by atoms with Gasteiger partial charge in [0, 0.05) is 19.3 Å². The van der Waals surface area contributed by atoms with Crippen molar-refractivity contribution in [1.29, 1.82) is 0 Å². The Balaban J connectivity index is 1.98. The molecule has 0 aliphatic carbocycles. The van der Waals surface area contributed by atoms with Crippen LogP contribution in [0.3, 0.4) is 0 Å². The number of rotatable bonds is 2. The van der Waals surface area contributed by atoms with Crippen LogP contribution < -0.4 is 10.6 Å². The second kappa shape index (κ2) is 5.83. The molecule has 1 aliphatic heterocycles. The molecule has 3 N–H and O–H groups in total. The van der Waals surface area contributed by atoms with E-state index in [4.69, 9.17) is 10.9 Å². The summed E-state index contributed by atoms with van der Waals surface area (Å²) in [5, 5.41) is 12.0. The third-order valence-corrected chi connectivity index (χ3v) is 3.83. The fourth-order valence-corrected chi connectivity index (χ4v) is 2.80. The molecule has 21 heavy (non-hydrogen) atoms. The van der Waals surface area contributed by atoms with Crippen molar-refractivity contribution in [1.82, 2.24) is 4.98 Å². The standard InChI is InChI=1S/C16H18N4O/c17-16(19-21)15-14(8-3-9-18-15)20-10-4-7-12-5-1-2-6-13(12)11-20/h1-3,5-6,8-9,21H,4,7,10-11H2,(H2,17,19). The van der Waals surface area contributed by atoms with Crippen molar-refractivity contribution in [3.05, 3.63) is 59.4 Å². The van der Waals surface area contributed by atoms with Crippen LogP contribution in [0.4, 0.5) is 5.69 Å². The zero-order valence-electron chi connectivity index (χ0n) is 11.7. The summed E-state index contributed by atoms with van der Waals surface area (Å²) >= 11 is 0. The Morgan fingerprint density at radius 1 is 1.19 bits per heavy atom. The van der Waals surface area contributed by atoms with E-state index in [-0.39, 0.29) is 5.84 Å². The van der Waals surface area contributed by atoms with Gasteiger partial charge in [-0.3, -0.25) is 4.98 Å². The van der Waals surface area contributed by atoms with Gasteiger partial charge in [-0.2, -0.15) is 0 Å². The normalized spacial score (nSPS) is 15.4. The predicted molar refractivity (Wildman–Crippen MR) is 82.6 cm³/mol. The SMILES string of the molecule is N/C(=N/O)c1ncccc1N1CCCc2ccccc2C1. The molecule has 0 saturated carbocycles. The molecule has 5 heteroatoms. The Kier molecular flexibility index (Phi) is 3.73. The number of hydrogen-bond acceptors (Lipinski definition) is 4. The minimum atomic E-state index is 0.0446. The van der Waals surface area contributed by atoms with Gasteiger partial charge in [-0.15, -0.1) is 0 Å². The number of nitrogens with two attached hydrogens (primary N) is 1. The first kappa shape index (κ1) is 13.4. The monoisotopic (exact) mass is 282 g/mol. The van der Waals surface area contributed by atoms with E-state index in [1.165, 1.54) is 11.1 Å². The molecule has 2 heterocycles. The summed E-state index contributed by atoms with van der Waals surface area (Å²) in [7, 11) is 0. The lowest BCUT2D eigenvalue weighted by molar-refractivity contribution is 0.318. The second-order valence-electron chi connectivity index (χ2n) is 5.15. The van der Waals surface area contributed by atoms with Crippen LogP contribution in [0.15, 0.2) is 47.8 Å². The lowest BCUT2D eigenvalue weighted by Crippen LogP contribution is -2.27. The number of amidine groups is 1. The maximum absolute atomic E-state index is 8.93. The second-order valence-corrected chi connectivity index (χ2v) is 5.15. The molecule has 0 amide bonds. The van der Waals surface area contributed by atoms with Crippen LogP contribution in [-0.4, -0.2) is 22.6 Å². The van der Waals surface area contributed by atoms with E-state index in [2.05, 4.69) is 39.3 Å². The summed E-state index contributed by atoms with van der Waals surface area (Å²) in [5.41, 5.74) is 9.90. The molecule has 2 aromatic rings. The van der Waals surface area contributed by atoms with Crippen molar-refractivity contribution >= 4 is 11.5 Å². The first-order valence-electron chi connectivity index (χ1n) is 7.04. The van der Waals surface area contributed by atoms with Gasteiger partial charge in [-0.25, -0.2) is 0 Å². The Bertz CT molecular complexity index is 669. The van der Waals surface area contributed by atoms with Gasteiger partial charge >= 0.3 is 0 Å². The average molecular weight is 282 g/mol. The highest BCUT2D eigenvalue weighted by Gasteiger charge is 2.18. The van der Waals surface area contributed by atoms with E-state index >= 15 is 0 Å². The Hall–Kier alpha value is -2.56. The number of nitrogens with zero attached hydrogens (tertiary/aromatic N) is 3. The first-order valence-corrected chi connectivity index (χ1v) is 7.04. The quantitative estimate of drug-likeness (QED) is 0.383. The number of hydrogen-bond donors (Lipinski definition) is 2. The van der Waals surface area contributed by atoms with Gasteiger partial charge in [0.2, 0.25) is 0 Å². The average Bonchev–Trinajstić information content (AvgIpc) is 2.76. The molecular weight excluding hydrogens is 264 g/mol. The summed E-state index contributed by atoms with van der Waals surface area (Å²) < 4.78 is 0. The minimum Gasteiger partial charge on any atom is -0.409 e. The van der Waals surface area contributed by atoms with Crippen molar-refractivity contribution < 1.29 is 5.21 Å². The van der Waals surface area contributed by atoms with Gasteiger partial charge in [-0.05, 0) is 36.1 Å². The van der Waals surface area contributed by atoms with E-state index in [0.717, 1.165) is 31.6 Å². The van der Waals surface area contributed by atoms with Crippen LogP contribution in [0.25, 0.3) is 0 Å². The van der Waals surface area contributed by atoms with Crippen molar-refractivity contribution in [3.8, 4) is 0 Å². The van der Waals surface area contributed by atoms with Gasteiger partial charge in [-0.1, -0.05) is 29.4 Å². The molecule has 0 unspecified atom stereocenters. The zero-order chi connectivity index (χ0) is 14.7. The van der Waals surface area contributed by atoms with Gasteiger partial charge < -0.3 is 15.8 Å². The number of pyridine rings is 1. The fourth-order valence-electron chi connectivity index (χ4n) is 2.80. The van der Waals surface area contributed by atoms with Crippen LogP contribution in [0, 0.1) is 0 Å². The van der Waals surface area contributed by atoms with Crippen LogP contribution >= 0.6 is 0 Å². The number of anilines is 1. The maximum Gasteiger partial charge on any atom is 0.190 e. The number of aryl methyl sites for hydroxylation is 1. The molecule has 1 aromatic heterocycles. The predicted octanol–water partition coefficient (Wildman–Crippen LogP) is 2.13. The third-order valence-electron chi connectivity index (χ3n) is 3.83. The number of fused-ring (bicyclic) bond motifs is 1. The lowest BCUT2D eigenvalue weighted by Gasteiger charge is -2.24. The molecule has 3 rings (SSSR count). The van der Waals surface area contributed by atoms with Gasteiger partial charge in [0.25, 0.3) is 0 Å². The minimum absolute atomic E-state index is 0.0446. The van der Waals surface area contributed by atoms with Gasteiger partial charge in [0.1, 0.15) is 5.69 Å². The number of aromatic nitrogens is 1. The largest absolute Gasteiger partial charge is 0.409 e. The molecule has 5 nitrogen and oxygen atoms in total. The molecule has 1 aliphatic rings. The zero-order valence-corrected chi connectivity index (χ0v) is 11.7. The summed E-state index contributed by atoms with van der Waals surface area (Å²) in [6, 6.07) is 12.3. The molecule has 0 atom stereocenters. The number of oxime groups is 1. The van der Waals surface area contributed by atoms with Gasteiger partial charge in [0.05, 0.1) is 5.69 Å². The Labute approximate surface area is 123 Å². The Morgan fingerprint density at radius 3 is 2.81 bits per heavy atom. The molecule has 108 valence electrons. The topological polar surface area (TPSA) is 74.7 Å². The fraction of sp³-hybridized carbons (Fsp3) is 0.250. The smallest absolute Gasteiger partial charge is 0.190 e. The number of benzene rings is 1. The van der Waals surface area contributed by atoms with E-state index in [0.29, 0.717) is 5.69 Å². The molecule has 0 fully saturated rings.